The topological polar surface area (TPSA) is 47.3 Å². The summed E-state index contributed by atoms with van der Waals surface area (Å²) in [5, 5.41) is 2.68. The highest BCUT2D eigenvalue weighted by atomic mass is 79.9. The third-order valence-electron chi connectivity index (χ3n) is 2.75. The molecule has 0 saturated heterocycles. The fraction of sp³-hybridized carbons (Fsp3) is 0.0714. The van der Waals surface area contributed by atoms with E-state index in [1.807, 2.05) is 0 Å². The van der Waals surface area contributed by atoms with Gasteiger partial charge in [0.1, 0.15) is 28.1 Å². The summed E-state index contributed by atoms with van der Waals surface area (Å²) in [5.41, 5.74) is 5.63. The van der Waals surface area contributed by atoms with Gasteiger partial charge in [0.25, 0.3) is 0 Å². The molecule has 3 N–H and O–H groups in total. The van der Waals surface area contributed by atoms with E-state index in [0.717, 1.165) is 16.6 Å². The van der Waals surface area contributed by atoms with Crippen LogP contribution >= 0.6 is 28.1 Å². The predicted molar refractivity (Wildman–Crippen MR) is 86.2 cm³/mol. The van der Waals surface area contributed by atoms with Crippen LogP contribution in [0.5, 0.6) is 5.75 Å². The number of halogens is 3. The minimum atomic E-state index is -0.792. The van der Waals surface area contributed by atoms with Crippen molar-refractivity contribution in [1.82, 2.24) is 0 Å². The third-order valence-corrected chi connectivity index (χ3v) is 3.48. The molecule has 0 radical (unpaired) electrons. The minimum Gasteiger partial charge on any atom is -0.495 e. The summed E-state index contributed by atoms with van der Waals surface area (Å²) in [6.45, 7) is 0. The van der Waals surface area contributed by atoms with E-state index >= 15 is 0 Å². The van der Waals surface area contributed by atoms with Gasteiger partial charge in [-0.25, -0.2) is 8.78 Å². The van der Waals surface area contributed by atoms with Crippen LogP contribution < -0.4 is 15.8 Å². The minimum absolute atomic E-state index is 0.0700. The highest BCUT2D eigenvalue weighted by Gasteiger charge is 2.14. The monoisotopic (exact) mass is 372 g/mol. The summed E-state index contributed by atoms with van der Waals surface area (Å²) in [5.74, 6) is -1.13. The van der Waals surface area contributed by atoms with Crippen molar-refractivity contribution in [3.05, 3.63) is 52.0 Å². The molecule has 0 aliphatic carbocycles. The second kappa shape index (κ2) is 6.36. The summed E-state index contributed by atoms with van der Waals surface area (Å²) in [7, 11) is 1.47. The first-order chi connectivity index (χ1) is 9.92. The molecular weight excluding hydrogens is 362 g/mol. The molecule has 0 bridgehead atoms. The van der Waals surface area contributed by atoms with E-state index in [4.69, 9.17) is 22.7 Å². The van der Waals surface area contributed by atoms with Crippen LogP contribution in [-0.4, -0.2) is 12.1 Å². The second-order valence-electron chi connectivity index (χ2n) is 4.15. The van der Waals surface area contributed by atoms with E-state index in [1.54, 1.807) is 18.2 Å². The SMILES string of the molecule is COc1ccc(Br)cc1Nc1c(F)cc(C(N)=S)cc1F. The Labute approximate surface area is 134 Å². The standard InChI is InChI=1S/C14H11BrF2N2OS/c1-20-12-3-2-8(15)6-11(12)19-13-9(16)4-7(14(18)21)5-10(13)17/h2-6,19H,1H3,(H2,18,21). The van der Waals surface area contributed by atoms with Gasteiger partial charge in [0.2, 0.25) is 0 Å². The molecule has 0 atom stereocenters. The highest BCUT2D eigenvalue weighted by Crippen LogP contribution is 2.33. The van der Waals surface area contributed by atoms with Crippen LogP contribution in [0.25, 0.3) is 0 Å². The normalized spacial score (nSPS) is 10.3. The zero-order chi connectivity index (χ0) is 15.6. The van der Waals surface area contributed by atoms with Crippen molar-refractivity contribution in [3.8, 4) is 5.75 Å². The summed E-state index contributed by atoms with van der Waals surface area (Å²) < 4.78 is 33.9. The Kier molecular flexibility index (Phi) is 4.74. The average molecular weight is 373 g/mol. The molecule has 0 heterocycles. The van der Waals surface area contributed by atoms with Gasteiger partial charge >= 0.3 is 0 Å². The zero-order valence-corrected chi connectivity index (χ0v) is 13.3. The Bertz CT molecular complexity index is 686. The van der Waals surface area contributed by atoms with Crippen LogP contribution in [0, 0.1) is 11.6 Å². The maximum atomic E-state index is 14.0. The number of ether oxygens (including phenoxy) is 1. The van der Waals surface area contributed by atoms with Gasteiger partial charge in [-0.1, -0.05) is 28.1 Å². The van der Waals surface area contributed by atoms with Gasteiger partial charge < -0.3 is 15.8 Å². The molecule has 2 rings (SSSR count). The predicted octanol–water partition coefficient (Wildman–Crippen LogP) is 4.11. The summed E-state index contributed by atoms with van der Waals surface area (Å²) in [4.78, 5) is -0.0700. The van der Waals surface area contributed by atoms with Crippen LogP contribution in [0.15, 0.2) is 34.8 Å². The maximum Gasteiger partial charge on any atom is 0.150 e. The lowest BCUT2D eigenvalue weighted by molar-refractivity contribution is 0.416. The first-order valence-electron chi connectivity index (χ1n) is 5.81. The molecule has 0 aliphatic rings. The van der Waals surface area contributed by atoms with Gasteiger partial charge in [-0.3, -0.25) is 0 Å². The van der Waals surface area contributed by atoms with Crippen LogP contribution in [0.1, 0.15) is 5.56 Å². The van der Waals surface area contributed by atoms with Crippen LogP contribution in [0.3, 0.4) is 0 Å². The first kappa shape index (κ1) is 15.7. The zero-order valence-electron chi connectivity index (χ0n) is 10.9. The summed E-state index contributed by atoms with van der Waals surface area (Å²) >= 11 is 8.00. The smallest absolute Gasteiger partial charge is 0.150 e. The van der Waals surface area contributed by atoms with Gasteiger partial charge in [-0.15, -0.1) is 0 Å². The second-order valence-corrected chi connectivity index (χ2v) is 5.50. The Balaban J connectivity index is 2.45. The van der Waals surface area contributed by atoms with Gasteiger partial charge in [0.15, 0.2) is 0 Å². The molecule has 3 nitrogen and oxygen atoms in total. The number of nitrogens with one attached hydrogen (secondary N) is 1. The lowest BCUT2D eigenvalue weighted by atomic mass is 10.1. The number of methoxy groups -OCH3 is 1. The molecule has 2 aromatic carbocycles. The Hall–Kier alpha value is -1.73. The van der Waals surface area contributed by atoms with Crippen molar-refractivity contribution in [2.45, 2.75) is 0 Å². The number of hydrogen-bond acceptors (Lipinski definition) is 3. The molecule has 2 aromatic rings. The third kappa shape index (κ3) is 3.48. The van der Waals surface area contributed by atoms with Crippen molar-refractivity contribution in [2.24, 2.45) is 5.73 Å². The molecule has 21 heavy (non-hydrogen) atoms. The first-order valence-corrected chi connectivity index (χ1v) is 7.02. The molecule has 0 aliphatic heterocycles. The largest absolute Gasteiger partial charge is 0.495 e. The van der Waals surface area contributed by atoms with Crippen molar-refractivity contribution in [3.63, 3.8) is 0 Å². The number of thiocarbonyl (C=S) groups is 1. The molecular formula is C14H11BrF2N2OS. The molecule has 0 saturated carbocycles. The van der Waals surface area contributed by atoms with Crippen molar-refractivity contribution in [1.29, 1.82) is 0 Å². The van der Waals surface area contributed by atoms with E-state index in [-0.39, 0.29) is 16.2 Å². The van der Waals surface area contributed by atoms with Crippen LogP contribution in [-0.2, 0) is 0 Å². The van der Waals surface area contributed by atoms with E-state index in [9.17, 15) is 8.78 Å². The molecule has 0 unspecified atom stereocenters. The van der Waals surface area contributed by atoms with Crippen LogP contribution in [0.4, 0.5) is 20.2 Å². The van der Waals surface area contributed by atoms with E-state index in [1.165, 1.54) is 7.11 Å². The number of nitrogens with two attached hydrogens (primary N) is 1. The van der Waals surface area contributed by atoms with E-state index < -0.39 is 11.6 Å². The van der Waals surface area contributed by atoms with Gasteiger partial charge in [0.05, 0.1) is 12.8 Å². The lowest BCUT2D eigenvalue weighted by Gasteiger charge is -2.13. The van der Waals surface area contributed by atoms with Gasteiger partial charge in [0, 0.05) is 10.0 Å². The average Bonchev–Trinajstić information content (AvgIpc) is 2.42. The number of hydrogen-bond donors (Lipinski definition) is 2. The molecule has 0 amide bonds. The molecule has 0 spiro atoms. The molecule has 0 aromatic heterocycles. The number of rotatable bonds is 4. The Morgan fingerprint density at radius 2 is 1.86 bits per heavy atom. The molecule has 7 heteroatoms. The summed E-state index contributed by atoms with van der Waals surface area (Å²) in [6.07, 6.45) is 0. The number of benzene rings is 2. The van der Waals surface area contributed by atoms with E-state index in [2.05, 4.69) is 21.2 Å². The fourth-order valence-corrected chi connectivity index (χ4v) is 2.23. The fourth-order valence-electron chi connectivity index (χ4n) is 1.75. The van der Waals surface area contributed by atoms with Crippen molar-refractivity contribution >= 4 is 44.5 Å². The number of anilines is 2. The maximum absolute atomic E-state index is 14.0. The Morgan fingerprint density at radius 3 is 2.38 bits per heavy atom. The summed E-state index contributed by atoms with van der Waals surface area (Å²) in [6, 6.07) is 7.24. The van der Waals surface area contributed by atoms with Gasteiger partial charge in [-0.2, -0.15) is 0 Å². The highest BCUT2D eigenvalue weighted by molar-refractivity contribution is 9.10. The van der Waals surface area contributed by atoms with Crippen molar-refractivity contribution < 1.29 is 13.5 Å². The molecule has 110 valence electrons. The quantitative estimate of drug-likeness (QED) is 0.792. The van der Waals surface area contributed by atoms with Crippen molar-refractivity contribution in [2.75, 3.05) is 12.4 Å². The van der Waals surface area contributed by atoms with Crippen LogP contribution in [0.2, 0.25) is 0 Å². The molecule has 0 fully saturated rings. The van der Waals surface area contributed by atoms with Gasteiger partial charge in [-0.05, 0) is 30.3 Å². The lowest BCUT2D eigenvalue weighted by Crippen LogP contribution is -2.11. The van der Waals surface area contributed by atoms with E-state index in [0.29, 0.717) is 11.4 Å². The Morgan fingerprint density at radius 1 is 1.24 bits per heavy atom.